The van der Waals surface area contributed by atoms with Crippen LogP contribution in [0.3, 0.4) is 0 Å². The van der Waals surface area contributed by atoms with Crippen molar-refractivity contribution in [3.8, 4) is 0 Å². The van der Waals surface area contributed by atoms with Crippen LogP contribution < -0.4 is 5.32 Å². The second kappa shape index (κ2) is 8.07. The van der Waals surface area contributed by atoms with E-state index in [0.717, 1.165) is 20.9 Å². The molecule has 0 saturated heterocycles. The smallest absolute Gasteiger partial charge is 0.242 e. The number of anilines is 1. The molecule has 3 rings (SSSR count). The van der Waals surface area contributed by atoms with Crippen molar-refractivity contribution in [1.82, 2.24) is 14.9 Å². The number of halogens is 1. The summed E-state index contributed by atoms with van der Waals surface area (Å²) in [6, 6.07) is 15.8. The van der Waals surface area contributed by atoms with E-state index in [1.165, 1.54) is 6.33 Å². The minimum atomic E-state index is 0.0353. The third-order valence-corrected chi connectivity index (χ3v) is 4.45. The topological polar surface area (TPSA) is 58.1 Å². The molecule has 0 radical (unpaired) electrons. The van der Waals surface area contributed by atoms with Crippen LogP contribution >= 0.6 is 15.9 Å². The third kappa shape index (κ3) is 4.33. The first-order chi connectivity index (χ1) is 12.2. The van der Waals surface area contributed by atoms with Crippen molar-refractivity contribution in [2.75, 3.05) is 18.4 Å². The summed E-state index contributed by atoms with van der Waals surface area (Å²) < 4.78 is 0.948. The van der Waals surface area contributed by atoms with E-state index in [1.807, 2.05) is 60.4 Å². The first-order valence-corrected chi connectivity index (χ1v) is 8.92. The summed E-state index contributed by atoms with van der Waals surface area (Å²) in [5.74, 6) is 0.698. The first-order valence-electron chi connectivity index (χ1n) is 8.13. The number of rotatable bonds is 6. The van der Waals surface area contributed by atoms with E-state index in [-0.39, 0.29) is 12.5 Å². The maximum absolute atomic E-state index is 12.6. The van der Waals surface area contributed by atoms with E-state index >= 15 is 0 Å². The fourth-order valence-electron chi connectivity index (χ4n) is 2.62. The molecule has 3 aromatic rings. The molecule has 1 heterocycles. The number of carbonyl (C=O) groups is 1. The Morgan fingerprint density at radius 1 is 1.16 bits per heavy atom. The Labute approximate surface area is 155 Å². The molecule has 6 heteroatoms. The summed E-state index contributed by atoms with van der Waals surface area (Å²) in [5.41, 5.74) is 1.96. The molecule has 1 aromatic heterocycles. The van der Waals surface area contributed by atoms with Crippen LogP contribution in [0.1, 0.15) is 12.5 Å². The molecule has 0 unspecified atom stereocenters. The van der Waals surface area contributed by atoms with Gasteiger partial charge in [0.1, 0.15) is 12.1 Å². The van der Waals surface area contributed by atoms with E-state index in [0.29, 0.717) is 18.9 Å². The number of nitrogens with zero attached hydrogens (tertiary/aromatic N) is 3. The van der Waals surface area contributed by atoms with Gasteiger partial charge in [-0.3, -0.25) is 4.79 Å². The van der Waals surface area contributed by atoms with Gasteiger partial charge in [0.05, 0.1) is 12.1 Å². The highest BCUT2D eigenvalue weighted by atomic mass is 79.9. The molecule has 0 aliphatic heterocycles. The van der Waals surface area contributed by atoms with Crippen LogP contribution in [0.5, 0.6) is 0 Å². The molecule has 0 bridgehead atoms. The highest BCUT2D eigenvalue weighted by molar-refractivity contribution is 9.10. The lowest BCUT2D eigenvalue weighted by atomic mass is 10.2. The molecular weight excluding hydrogens is 380 g/mol. The molecule has 5 nitrogen and oxygen atoms in total. The zero-order chi connectivity index (χ0) is 17.6. The molecule has 0 spiro atoms. The van der Waals surface area contributed by atoms with Gasteiger partial charge in [-0.1, -0.05) is 46.3 Å². The third-order valence-electron chi connectivity index (χ3n) is 3.96. The number of amides is 1. The summed E-state index contributed by atoms with van der Waals surface area (Å²) in [5, 5.41) is 4.04. The van der Waals surface area contributed by atoms with Crippen LogP contribution in [-0.2, 0) is 11.3 Å². The molecule has 1 N–H and O–H groups in total. The van der Waals surface area contributed by atoms with Crippen LogP contribution in [0.15, 0.2) is 59.3 Å². The Hall–Kier alpha value is -2.47. The van der Waals surface area contributed by atoms with Crippen molar-refractivity contribution in [1.29, 1.82) is 0 Å². The highest BCUT2D eigenvalue weighted by Crippen LogP contribution is 2.23. The summed E-state index contributed by atoms with van der Waals surface area (Å²) >= 11 is 3.46. The van der Waals surface area contributed by atoms with E-state index in [1.54, 1.807) is 0 Å². The van der Waals surface area contributed by atoms with Gasteiger partial charge in [0.15, 0.2) is 0 Å². The number of hydrogen-bond donors (Lipinski definition) is 1. The molecule has 0 aliphatic carbocycles. The van der Waals surface area contributed by atoms with Gasteiger partial charge in [-0.25, -0.2) is 9.97 Å². The van der Waals surface area contributed by atoms with Gasteiger partial charge in [0.2, 0.25) is 5.91 Å². The quantitative estimate of drug-likeness (QED) is 0.684. The zero-order valence-corrected chi connectivity index (χ0v) is 15.5. The van der Waals surface area contributed by atoms with Gasteiger partial charge in [-0.15, -0.1) is 0 Å². The van der Waals surface area contributed by atoms with E-state index in [4.69, 9.17) is 0 Å². The molecule has 0 aliphatic rings. The summed E-state index contributed by atoms with van der Waals surface area (Å²) in [4.78, 5) is 22.9. The molecule has 0 atom stereocenters. The molecule has 128 valence electrons. The normalized spacial score (nSPS) is 10.6. The average molecular weight is 399 g/mol. The van der Waals surface area contributed by atoms with Crippen LogP contribution in [-0.4, -0.2) is 33.9 Å². The van der Waals surface area contributed by atoms with Crippen molar-refractivity contribution >= 4 is 38.6 Å². The number of likely N-dealkylation sites (N-methyl/N-ethyl adjacent to an activating group) is 1. The lowest BCUT2D eigenvalue weighted by Gasteiger charge is -2.21. The minimum absolute atomic E-state index is 0.0353. The largest absolute Gasteiger partial charge is 0.360 e. The Bertz CT molecular complexity index is 870. The molecule has 2 aromatic carbocycles. The second-order valence-electron chi connectivity index (χ2n) is 5.63. The fourth-order valence-corrected chi connectivity index (χ4v) is 2.98. The SMILES string of the molecule is CCN(Cc1ccccc1)C(=O)CNc1ncnc2ccc(Br)cc12. The van der Waals surface area contributed by atoms with Crippen LogP contribution in [0.4, 0.5) is 5.82 Å². The standard InChI is InChI=1S/C19H19BrN4O/c1-2-24(12-14-6-4-3-5-7-14)18(25)11-21-19-16-10-15(20)8-9-17(16)22-13-23-19/h3-10,13H,2,11-12H2,1H3,(H,21,22,23). The van der Waals surface area contributed by atoms with Gasteiger partial charge >= 0.3 is 0 Å². The highest BCUT2D eigenvalue weighted by Gasteiger charge is 2.13. The van der Waals surface area contributed by atoms with Crippen LogP contribution in [0, 0.1) is 0 Å². The number of benzene rings is 2. The number of carbonyl (C=O) groups excluding carboxylic acids is 1. The van der Waals surface area contributed by atoms with Crippen LogP contribution in [0.2, 0.25) is 0 Å². The van der Waals surface area contributed by atoms with Gasteiger partial charge in [0, 0.05) is 22.9 Å². The van der Waals surface area contributed by atoms with Crippen molar-refractivity contribution in [2.24, 2.45) is 0 Å². The monoisotopic (exact) mass is 398 g/mol. The summed E-state index contributed by atoms with van der Waals surface area (Å²) in [6.45, 7) is 3.44. The Kier molecular flexibility index (Phi) is 5.60. The average Bonchev–Trinajstić information content (AvgIpc) is 2.65. The molecular formula is C19H19BrN4O. The first kappa shape index (κ1) is 17.4. The maximum atomic E-state index is 12.6. The van der Waals surface area contributed by atoms with Gasteiger partial charge in [0.25, 0.3) is 0 Å². The Morgan fingerprint density at radius 3 is 2.72 bits per heavy atom. The Morgan fingerprint density at radius 2 is 1.96 bits per heavy atom. The van der Waals surface area contributed by atoms with Crippen molar-refractivity contribution < 1.29 is 4.79 Å². The lowest BCUT2D eigenvalue weighted by Crippen LogP contribution is -2.35. The molecule has 1 amide bonds. The van der Waals surface area contributed by atoms with E-state index in [2.05, 4.69) is 31.2 Å². The Balaban J connectivity index is 1.70. The lowest BCUT2D eigenvalue weighted by molar-refractivity contribution is -0.129. The van der Waals surface area contributed by atoms with E-state index < -0.39 is 0 Å². The number of fused-ring (bicyclic) bond motifs is 1. The zero-order valence-electron chi connectivity index (χ0n) is 13.9. The molecule has 0 fully saturated rings. The predicted octanol–water partition coefficient (Wildman–Crippen LogP) is 3.85. The molecule has 0 saturated carbocycles. The maximum Gasteiger partial charge on any atom is 0.242 e. The van der Waals surface area contributed by atoms with Gasteiger partial charge in [-0.05, 0) is 30.7 Å². The number of hydrogen-bond acceptors (Lipinski definition) is 4. The van der Waals surface area contributed by atoms with Crippen molar-refractivity contribution in [3.63, 3.8) is 0 Å². The minimum Gasteiger partial charge on any atom is -0.360 e. The van der Waals surface area contributed by atoms with E-state index in [9.17, 15) is 4.79 Å². The molecule has 25 heavy (non-hydrogen) atoms. The van der Waals surface area contributed by atoms with Gasteiger partial charge < -0.3 is 10.2 Å². The van der Waals surface area contributed by atoms with Crippen LogP contribution in [0.25, 0.3) is 10.9 Å². The predicted molar refractivity (Wildman–Crippen MR) is 103 cm³/mol. The van der Waals surface area contributed by atoms with Crippen molar-refractivity contribution in [2.45, 2.75) is 13.5 Å². The summed E-state index contributed by atoms with van der Waals surface area (Å²) in [7, 11) is 0. The number of aromatic nitrogens is 2. The summed E-state index contributed by atoms with van der Waals surface area (Å²) in [6.07, 6.45) is 1.50. The number of nitrogens with one attached hydrogen (secondary N) is 1. The van der Waals surface area contributed by atoms with Crippen molar-refractivity contribution in [3.05, 3.63) is 64.9 Å². The fraction of sp³-hybridized carbons (Fsp3) is 0.211. The van der Waals surface area contributed by atoms with Gasteiger partial charge in [-0.2, -0.15) is 0 Å². The second-order valence-corrected chi connectivity index (χ2v) is 6.55.